The number of anilines is 1. The van der Waals surface area contributed by atoms with Crippen LogP contribution in [0, 0.1) is 0 Å². The Kier molecular flexibility index (Phi) is 2.91. The lowest BCUT2D eigenvalue weighted by atomic mass is 10.3. The van der Waals surface area contributed by atoms with Crippen LogP contribution in [0.2, 0.25) is 0 Å². The number of rotatable bonds is 3. The Morgan fingerprint density at radius 3 is 2.69 bits per heavy atom. The lowest BCUT2D eigenvalue weighted by Gasteiger charge is -2.07. The third-order valence-corrected chi connectivity index (χ3v) is 2.06. The fourth-order valence-corrected chi connectivity index (χ4v) is 1.30. The standard InChI is InChI=1S/C12H12N2O2/c1-15-11-6-5-9(8-10(11)13)16-12-4-2-3-7-14-12/h2-8H,13H2,1H3. The summed E-state index contributed by atoms with van der Waals surface area (Å²) in [6.45, 7) is 0. The molecule has 0 bridgehead atoms. The van der Waals surface area contributed by atoms with Gasteiger partial charge in [-0.05, 0) is 18.2 Å². The summed E-state index contributed by atoms with van der Waals surface area (Å²) in [7, 11) is 1.57. The van der Waals surface area contributed by atoms with Crippen molar-refractivity contribution in [2.75, 3.05) is 12.8 Å². The minimum absolute atomic E-state index is 0.534. The number of hydrogen-bond donors (Lipinski definition) is 1. The molecule has 0 atom stereocenters. The van der Waals surface area contributed by atoms with Crippen LogP contribution in [-0.4, -0.2) is 12.1 Å². The first kappa shape index (κ1) is 10.3. The van der Waals surface area contributed by atoms with Crippen molar-refractivity contribution in [3.05, 3.63) is 42.6 Å². The smallest absolute Gasteiger partial charge is 0.219 e. The van der Waals surface area contributed by atoms with E-state index < -0.39 is 0 Å². The molecular weight excluding hydrogens is 204 g/mol. The van der Waals surface area contributed by atoms with Gasteiger partial charge in [-0.3, -0.25) is 0 Å². The molecule has 0 amide bonds. The Hall–Kier alpha value is -2.23. The van der Waals surface area contributed by atoms with Crippen LogP contribution < -0.4 is 15.2 Å². The van der Waals surface area contributed by atoms with Gasteiger partial charge in [0.1, 0.15) is 11.5 Å². The monoisotopic (exact) mass is 216 g/mol. The Bertz CT molecular complexity index is 472. The Morgan fingerprint density at radius 1 is 1.19 bits per heavy atom. The molecule has 1 heterocycles. The predicted molar refractivity (Wildman–Crippen MR) is 61.7 cm³/mol. The van der Waals surface area contributed by atoms with Crippen molar-refractivity contribution in [1.29, 1.82) is 0 Å². The molecule has 0 unspecified atom stereocenters. The number of nitrogens with two attached hydrogens (primary N) is 1. The van der Waals surface area contributed by atoms with E-state index in [0.29, 0.717) is 23.1 Å². The van der Waals surface area contributed by atoms with Crippen LogP contribution in [0.15, 0.2) is 42.6 Å². The molecule has 0 aliphatic carbocycles. The quantitative estimate of drug-likeness (QED) is 0.801. The molecule has 82 valence electrons. The molecule has 16 heavy (non-hydrogen) atoms. The minimum atomic E-state index is 0.534. The van der Waals surface area contributed by atoms with Crippen molar-refractivity contribution in [3.63, 3.8) is 0 Å². The minimum Gasteiger partial charge on any atom is -0.495 e. The van der Waals surface area contributed by atoms with E-state index in [1.807, 2.05) is 12.1 Å². The zero-order valence-corrected chi connectivity index (χ0v) is 8.88. The average Bonchev–Trinajstić information content (AvgIpc) is 2.31. The third kappa shape index (κ3) is 2.23. The van der Waals surface area contributed by atoms with Crippen molar-refractivity contribution in [1.82, 2.24) is 4.98 Å². The second kappa shape index (κ2) is 4.53. The first-order valence-corrected chi connectivity index (χ1v) is 4.82. The summed E-state index contributed by atoms with van der Waals surface area (Å²) in [5, 5.41) is 0. The highest BCUT2D eigenvalue weighted by atomic mass is 16.5. The molecule has 0 aliphatic rings. The third-order valence-electron chi connectivity index (χ3n) is 2.06. The SMILES string of the molecule is COc1ccc(Oc2ccccn2)cc1N. The summed E-state index contributed by atoms with van der Waals surface area (Å²) in [5.74, 6) is 1.80. The van der Waals surface area contributed by atoms with Gasteiger partial charge in [-0.1, -0.05) is 6.07 Å². The summed E-state index contributed by atoms with van der Waals surface area (Å²) in [6, 6.07) is 10.7. The molecule has 4 heteroatoms. The van der Waals surface area contributed by atoms with E-state index in [1.54, 1.807) is 37.6 Å². The van der Waals surface area contributed by atoms with E-state index >= 15 is 0 Å². The molecule has 0 radical (unpaired) electrons. The maximum absolute atomic E-state index is 5.76. The molecule has 2 aromatic rings. The maximum Gasteiger partial charge on any atom is 0.219 e. The Labute approximate surface area is 93.6 Å². The lowest BCUT2D eigenvalue weighted by molar-refractivity contribution is 0.414. The van der Waals surface area contributed by atoms with Gasteiger partial charge in [0, 0.05) is 18.3 Å². The molecular formula is C12H12N2O2. The number of hydrogen-bond acceptors (Lipinski definition) is 4. The zero-order valence-electron chi connectivity index (χ0n) is 8.88. The van der Waals surface area contributed by atoms with Crippen LogP contribution in [0.1, 0.15) is 0 Å². The molecule has 0 aliphatic heterocycles. The van der Waals surface area contributed by atoms with Gasteiger partial charge in [0.05, 0.1) is 12.8 Å². The van der Waals surface area contributed by atoms with E-state index in [4.69, 9.17) is 15.2 Å². The molecule has 0 saturated heterocycles. The second-order valence-corrected chi connectivity index (χ2v) is 3.17. The number of pyridine rings is 1. The first-order chi connectivity index (χ1) is 7.79. The fraction of sp³-hybridized carbons (Fsp3) is 0.0833. The van der Waals surface area contributed by atoms with E-state index in [-0.39, 0.29) is 0 Å². The zero-order chi connectivity index (χ0) is 11.4. The van der Waals surface area contributed by atoms with Crippen LogP contribution in [0.4, 0.5) is 5.69 Å². The highest BCUT2D eigenvalue weighted by molar-refractivity contribution is 5.56. The van der Waals surface area contributed by atoms with Gasteiger partial charge in [0.2, 0.25) is 5.88 Å². The number of ether oxygens (including phenoxy) is 2. The molecule has 2 rings (SSSR count). The molecule has 0 fully saturated rings. The highest BCUT2D eigenvalue weighted by Crippen LogP contribution is 2.28. The summed E-state index contributed by atoms with van der Waals surface area (Å²) in [4.78, 5) is 4.05. The summed E-state index contributed by atoms with van der Waals surface area (Å²) in [6.07, 6.45) is 1.67. The van der Waals surface area contributed by atoms with Crippen molar-refractivity contribution >= 4 is 5.69 Å². The maximum atomic E-state index is 5.76. The van der Waals surface area contributed by atoms with E-state index in [9.17, 15) is 0 Å². The number of methoxy groups -OCH3 is 1. The lowest BCUT2D eigenvalue weighted by Crippen LogP contribution is -1.93. The largest absolute Gasteiger partial charge is 0.495 e. The number of benzene rings is 1. The molecule has 0 saturated carbocycles. The van der Waals surface area contributed by atoms with E-state index in [2.05, 4.69) is 4.98 Å². The van der Waals surface area contributed by atoms with Crippen molar-refractivity contribution in [3.8, 4) is 17.4 Å². The molecule has 1 aromatic carbocycles. The van der Waals surface area contributed by atoms with Crippen LogP contribution in [-0.2, 0) is 0 Å². The molecule has 1 aromatic heterocycles. The van der Waals surface area contributed by atoms with Crippen molar-refractivity contribution in [2.45, 2.75) is 0 Å². The normalized spacial score (nSPS) is 9.81. The highest BCUT2D eigenvalue weighted by Gasteiger charge is 2.02. The van der Waals surface area contributed by atoms with Crippen LogP contribution in [0.3, 0.4) is 0 Å². The number of aromatic nitrogens is 1. The summed E-state index contributed by atoms with van der Waals surface area (Å²) in [5.41, 5.74) is 6.30. The van der Waals surface area contributed by atoms with Gasteiger partial charge >= 0.3 is 0 Å². The van der Waals surface area contributed by atoms with Crippen LogP contribution in [0.5, 0.6) is 17.4 Å². The second-order valence-electron chi connectivity index (χ2n) is 3.17. The summed E-state index contributed by atoms with van der Waals surface area (Å²) >= 11 is 0. The molecule has 0 spiro atoms. The van der Waals surface area contributed by atoms with Gasteiger partial charge < -0.3 is 15.2 Å². The van der Waals surface area contributed by atoms with Crippen molar-refractivity contribution in [2.24, 2.45) is 0 Å². The first-order valence-electron chi connectivity index (χ1n) is 4.82. The van der Waals surface area contributed by atoms with Crippen LogP contribution in [0.25, 0.3) is 0 Å². The topological polar surface area (TPSA) is 57.4 Å². The summed E-state index contributed by atoms with van der Waals surface area (Å²) < 4.78 is 10.6. The van der Waals surface area contributed by atoms with Gasteiger partial charge in [0.25, 0.3) is 0 Å². The fourth-order valence-electron chi connectivity index (χ4n) is 1.30. The number of nitrogen functional groups attached to an aromatic ring is 1. The Balaban J connectivity index is 2.20. The number of nitrogens with zero attached hydrogens (tertiary/aromatic N) is 1. The molecule has 4 nitrogen and oxygen atoms in total. The predicted octanol–water partition coefficient (Wildman–Crippen LogP) is 2.46. The van der Waals surface area contributed by atoms with Crippen LogP contribution >= 0.6 is 0 Å². The van der Waals surface area contributed by atoms with Crippen molar-refractivity contribution < 1.29 is 9.47 Å². The van der Waals surface area contributed by atoms with E-state index in [1.165, 1.54) is 0 Å². The van der Waals surface area contributed by atoms with Gasteiger partial charge in [-0.25, -0.2) is 4.98 Å². The molecule has 2 N–H and O–H groups in total. The van der Waals surface area contributed by atoms with Gasteiger partial charge in [-0.15, -0.1) is 0 Å². The van der Waals surface area contributed by atoms with E-state index in [0.717, 1.165) is 0 Å². The average molecular weight is 216 g/mol. The van der Waals surface area contributed by atoms with Gasteiger partial charge in [0.15, 0.2) is 0 Å². The van der Waals surface area contributed by atoms with Gasteiger partial charge in [-0.2, -0.15) is 0 Å². The Morgan fingerprint density at radius 2 is 2.06 bits per heavy atom.